The van der Waals surface area contributed by atoms with Crippen molar-refractivity contribution in [3.05, 3.63) is 0 Å². The molecule has 2 N–H and O–H groups in total. The van der Waals surface area contributed by atoms with Gasteiger partial charge >= 0.3 is 6.15 Å². The van der Waals surface area contributed by atoms with Crippen molar-refractivity contribution in [2.24, 2.45) is 5.92 Å². The molecule has 2 saturated carbocycles. The number of epoxide rings is 1. The summed E-state index contributed by atoms with van der Waals surface area (Å²) in [5, 5.41) is 16.2. The standard InChI is InChI=1S/C7H14O.C6H10O.CO2.CH4O.CH4/c1-6-4-2-3-5-7(6)8;1-2-4-6-5(3-1)7-6;2-1-3;1-2;/h6-8H,2-5H2,1H3;5-6H,1-4H2;;2H,1H3;1H4. The van der Waals surface area contributed by atoms with Crippen LogP contribution < -0.4 is 0 Å². The Morgan fingerprint density at radius 1 is 0.905 bits per heavy atom. The van der Waals surface area contributed by atoms with Crippen LogP contribution in [0.5, 0.6) is 0 Å². The van der Waals surface area contributed by atoms with E-state index < -0.39 is 0 Å². The summed E-state index contributed by atoms with van der Waals surface area (Å²) >= 11 is 0. The maximum atomic E-state index is 9.18. The van der Waals surface area contributed by atoms with Gasteiger partial charge in [0.2, 0.25) is 0 Å². The van der Waals surface area contributed by atoms with Gasteiger partial charge in [-0.25, -0.2) is 0 Å². The van der Waals surface area contributed by atoms with Gasteiger partial charge in [0, 0.05) is 7.11 Å². The minimum absolute atomic E-state index is 0. The number of fused-ring (bicyclic) bond motifs is 1. The lowest BCUT2D eigenvalue weighted by Gasteiger charge is -2.23. The minimum Gasteiger partial charge on any atom is -0.400 e. The fraction of sp³-hybridized carbons (Fsp3) is 0.938. The first kappa shape index (κ1) is 22.5. The summed E-state index contributed by atoms with van der Waals surface area (Å²) in [5.74, 6) is 0.559. The molecule has 1 heterocycles. The minimum atomic E-state index is 0. The van der Waals surface area contributed by atoms with Crippen molar-refractivity contribution in [3.8, 4) is 0 Å². The van der Waals surface area contributed by atoms with Gasteiger partial charge in [-0.2, -0.15) is 9.59 Å². The van der Waals surface area contributed by atoms with Crippen LogP contribution in [0.2, 0.25) is 0 Å². The Balaban J connectivity index is 0. The lowest BCUT2D eigenvalue weighted by atomic mass is 9.88. The van der Waals surface area contributed by atoms with E-state index in [1.165, 1.54) is 44.9 Å². The van der Waals surface area contributed by atoms with Gasteiger partial charge in [0.1, 0.15) is 0 Å². The highest BCUT2D eigenvalue weighted by molar-refractivity contribution is 5.20. The van der Waals surface area contributed by atoms with Crippen molar-refractivity contribution >= 4 is 6.15 Å². The molecule has 0 spiro atoms. The smallest absolute Gasteiger partial charge is 0.373 e. The van der Waals surface area contributed by atoms with Gasteiger partial charge in [-0.15, -0.1) is 0 Å². The molecule has 0 aromatic carbocycles. The summed E-state index contributed by atoms with van der Waals surface area (Å²) in [7, 11) is 1.00. The molecule has 4 atom stereocenters. The van der Waals surface area contributed by atoms with Crippen molar-refractivity contribution in [1.29, 1.82) is 0 Å². The van der Waals surface area contributed by atoms with Crippen molar-refractivity contribution in [2.75, 3.05) is 7.11 Å². The summed E-state index contributed by atoms with van der Waals surface area (Å²) in [6.07, 6.45) is 11.9. The summed E-state index contributed by atoms with van der Waals surface area (Å²) in [6, 6.07) is 0. The number of ether oxygens (including phenoxy) is 1. The summed E-state index contributed by atoms with van der Waals surface area (Å²) in [5.41, 5.74) is 0. The molecule has 0 bridgehead atoms. The van der Waals surface area contributed by atoms with E-state index >= 15 is 0 Å². The highest BCUT2D eigenvalue weighted by atomic mass is 16.6. The van der Waals surface area contributed by atoms with Gasteiger partial charge in [0.25, 0.3) is 0 Å². The van der Waals surface area contributed by atoms with Crippen LogP contribution in [0.3, 0.4) is 0 Å². The molecule has 0 aromatic rings. The van der Waals surface area contributed by atoms with Gasteiger partial charge in [-0.05, 0) is 31.6 Å². The third kappa shape index (κ3) is 10.6. The molecule has 2 aliphatic carbocycles. The van der Waals surface area contributed by atoms with Gasteiger partial charge in [0.15, 0.2) is 0 Å². The fourth-order valence-corrected chi connectivity index (χ4v) is 2.67. The molecule has 5 nitrogen and oxygen atoms in total. The molecule has 126 valence electrons. The monoisotopic (exact) mass is 304 g/mol. The molecular weight excluding hydrogens is 272 g/mol. The number of hydrogen-bond acceptors (Lipinski definition) is 5. The molecule has 0 amide bonds. The van der Waals surface area contributed by atoms with Crippen LogP contribution in [0.4, 0.5) is 0 Å². The molecule has 0 radical (unpaired) electrons. The Morgan fingerprint density at radius 3 is 1.57 bits per heavy atom. The van der Waals surface area contributed by atoms with Crippen LogP contribution >= 0.6 is 0 Å². The normalized spacial score (nSPS) is 31.8. The molecule has 4 unspecified atom stereocenters. The highest BCUT2D eigenvalue weighted by Crippen LogP contribution is 2.35. The third-order valence-electron chi connectivity index (χ3n) is 3.98. The lowest BCUT2D eigenvalue weighted by molar-refractivity contribution is -0.191. The Kier molecular flexibility index (Phi) is 15.2. The van der Waals surface area contributed by atoms with E-state index in [0.29, 0.717) is 18.1 Å². The maximum Gasteiger partial charge on any atom is 0.373 e. The molecule has 3 fully saturated rings. The van der Waals surface area contributed by atoms with Crippen molar-refractivity contribution in [1.82, 2.24) is 0 Å². The predicted molar refractivity (Wildman–Crippen MR) is 80.6 cm³/mol. The second-order valence-corrected chi connectivity index (χ2v) is 5.41. The zero-order valence-electron chi connectivity index (χ0n) is 12.6. The van der Waals surface area contributed by atoms with Crippen LogP contribution in [-0.2, 0) is 14.3 Å². The van der Waals surface area contributed by atoms with Gasteiger partial charge in [-0.3, -0.25) is 0 Å². The Hall–Kier alpha value is -0.740. The Labute approximate surface area is 128 Å². The van der Waals surface area contributed by atoms with Crippen molar-refractivity contribution in [3.63, 3.8) is 0 Å². The van der Waals surface area contributed by atoms with E-state index in [0.717, 1.165) is 13.5 Å². The highest BCUT2D eigenvalue weighted by Gasteiger charge is 2.39. The van der Waals surface area contributed by atoms with Gasteiger partial charge in [0.05, 0.1) is 18.3 Å². The molecule has 1 saturated heterocycles. The van der Waals surface area contributed by atoms with E-state index in [9.17, 15) is 5.11 Å². The van der Waals surface area contributed by atoms with Crippen LogP contribution in [-0.4, -0.2) is 41.8 Å². The average Bonchev–Trinajstić information content (AvgIpc) is 3.25. The second kappa shape index (κ2) is 14.2. The Morgan fingerprint density at radius 2 is 1.29 bits per heavy atom. The largest absolute Gasteiger partial charge is 0.400 e. The van der Waals surface area contributed by atoms with Gasteiger partial charge < -0.3 is 14.9 Å². The van der Waals surface area contributed by atoms with E-state index in [4.69, 9.17) is 19.4 Å². The second-order valence-electron chi connectivity index (χ2n) is 5.41. The van der Waals surface area contributed by atoms with E-state index in [2.05, 4.69) is 6.92 Å². The van der Waals surface area contributed by atoms with Crippen LogP contribution in [0.25, 0.3) is 0 Å². The lowest BCUT2D eigenvalue weighted by Crippen LogP contribution is -2.21. The zero-order chi connectivity index (χ0) is 15.4. The summed E-state index contributed by atoms with van der Waals surface area (Å²) < 4.78 is 5.28. The van der Waals surface area contributed by atoms with Crippen LogP contribution in [0, 0.1) is 5.92 Å². The summed E-state index contributed by atoms with van der Waals surface area (Å²) in [6.45, 7) is 2.13. The number of carbonyl (C=O) groups excluding carboxylic acids is 2. The zero-order valence-corrected chi connectivity index (χ0v) is 12.6. The SMILES string of the molecule is C.C1CCC2OC2C1.CC1CCCCC1O.CO.O=C=O. The average molecular weight is 304 g/mol. The molecule has 1 aliphatic heterocycles. The molecule has 3 aliphatic rings. The first-order chi connectivity index (χ1) is 9.69. The van der Waals surface area contributed by atoms with Crippen LogP contribution in [0.15, 0.2) is 0 Å². The summed E-state index contributed by atoms with van der Waals surface area (Å²) in [4.78, 5) is 16.2. The number of aliphatic hydroxyl groups excluding tert-OH is 2. The van der Waals surface area contributed by atoms with Crippen molar-refractivity contribution in [2.45, 2.75) is 84.0 Å². The number of aliphatic hydroxyl groups is 2. The fourth-order valence-electron chi connectivity index (χ4n) is 2.67. The number of rotatable bonds is 0. The predicted octanol–water partition coefficient (Wildman–Crippen LogP) is 2.55. The molecular formula is C16H32O5. The first-order valence-corrected chi connectivity index (χ1v) is 7.46. The quantitative estimate of drug-likeness (QED) is 0.672. The van der Waals surface area contributed by atoms with Crippen LogP contribution in [0.1, 0.15) is 65.7 Å². The third-order valence-corrected chi connectivity index (χ3v) is 3.98. The molecule has 5 heteroatoms. The maximum absolute atomic E-state index is 9.18. The van der Waals surface area contributed by atoms with E-state index in [1.54, 1.807) is 0 Å². The first-order valence-electron chi connectivity index (χ1n) is 7.46. The van der Waals surface area contributed by atoms with Gasteiger partial charge in [-0.1, -0.05) is 40.0 Å². The Bertz CT molecular complexity index is 243. The van der Waals surface area contributed by atoms with E-state index in [-0.39, 0.29) is 19.7 Å². The molecule has 3 rings (SSSR count). The molecule has 21 heavy (non-hydrogen) atoms. The number of hydrogen-bond donors (Lipinski definition) is 2. The topological polar surface area (TPSA) is 87.1 Å². The molecule has 0 aromatic heterocycles. The van der Waals surface area contributed by atoms with Crippen molar-refractivity contribution < 1.29 is 24.5 Å². The van der Waals surface area contributed by atoms with E-state index in [1.807, 2.05) is 0 Å².